The molecule has 0 aliphatic carbocycles. The van der Waals surface area contributed by atoms with Crippen LogP contribution in [-0.2, 0) is 11.8 Å². The van der Waals surface area contributed by atoms with Crippen LogP contribution >= 0.6 is 0 Å². The van der Waals surface area contributed by atoms with Gasteiger partial charge in [0.05, 0.1) is 12.8 Å². The minimum Gasteiger partial charge on any atom is -0.453 e. The smallest absolute Gasteiger partial charge is 0.294 e. The van der Waals surface area contributed by atoms with Gasteiger partial charge in [0, 0.05) is 32.0 Å². The lowest BCUT2D eigenvalue weighted by molar-refractivity contribution is 0.0937. The molecule has 0 unspecified atom stereocenters. The first-order valence-corrected chi connectivity index (χ1v) is 9.85. The Hall–Kier alpha value is -3.65. The molecule has 0 saturated heterocycles. The van der Waals surface area contributed by atoms with Crippen molar-refractivity contribution in [3.63, 3.8) is 0 Å². The maximum absolute atomic E-state index is 12.8. The lowest BCUT2D eigenvalue weighted by Gasteiger charge is -2.15. The normalized spacial score (nSPS) is 10.6. The summed E-state index contributed by atoms with van der Waals surface area (Å²) >= 11 is 0. The number of aromatic nitrogens is 2. The van der Waals surface area contributed by atoms with Crippen LogP contribution in [0.2, 0.25) is 0 Å². The Morgan fingerprint density at radius 1 is 1.13 bits per heavy atom. The lowest BCUT2D eigenvalue weighted by atomic mass is 10.1. The molecule has 0 fully saturated rings. The number of amides is 1. The molecule has 8 nitrogen and oxygen atoms in total. The van der Waals surface area contributed by atoms with E-state index in [9.17, 15) is 9.59 Å². The van der Waals surface area contributed by atoms with Crippen LogP contribution < -0.4 is 20.9 Å². The minimum absolute atomic E-state index is 0.227. The Morgan fingerprint density at radius 3 is 2.68 bits per heavy atom. The number of carbonyl (C=O) groups excluding carboxylic acids is 1. The molecule has 0 atom stereocenters. The summed E-state index contributed by atoms with van der Waals surface area (Å²) in [5.41, 5.74) is 2.98. The number of carbonyl (C=O) groups is 1. The zero-order valence-electron chi connectivity index (χ0n) is 18.1. The fourth-order valence-electron chi connectivity index (χ4n) is 2.92. The van der Waals surface area contributed by atoms with E-state index in [0.717, 1.165) is 11.1 Å². The number of anilines is 2. The number of methoxy groups -OCH3 is 1. The van der Waals surface area contributed by atoms with Crippen LogP contribution in [0.3, 0.4) is 0 Å². The number of benzene rings is 2. The number of nitrogens with zero attached hydrogens (tertiary/aromatic N) is 2. The number of ether oxygens (including phenoxy) is 2. The van der Waals surface area contributed by atoms with Crippen LogP contribution in [0.5, 0.6) is 11.5 Å². The molecule has 0 saturated carbocycles. The van der Waals surface area contributed by atoms with Crippen molar-refractivity contribution in [1.29, 1.82) is 0 Å². The zero-order chi connectivity index (χ0) is 22.4. The number of hydrogen-bond donors (Lipinski definition) is 2. The summed E-state index contributed by atoms with van der Waals surface area (Å²) in [7, 11) is 3.14. The van der Waals surface area contributed by atoms with Gasteiger partial charge in [-0.05, 0) is 49.2 Å². The third kappa shape index (κ3) is 5.29. The van der Waals surface area contributed by atoms with E-state index in [0.29, 0.717) is 35.9 Å². The van der Waals surface area contributed by atoms with Gasteiger partial charge in [0.15, 0.2) is 11.4 Å². The number of rotatable bonds is 8. The summed E-state index contributed by atoms with van der Waals surface area (Å²) in [5, 5.41) is 9.95. The van der Waals surface area contributed by atoms with E-state index in [-0.39, 0.29) is 17.2 Å². The number of nitrogens with one attached hydrogen (secondary N) is 2. The second kappa shape index (κ2) is 9.90. The molecule has 2 aromatic carbocycles. The van der Waals surface area contributed by atoms with Gasteiger partial charge < -0.3 is 20.1 Å². The van der Waals surface area contributed by atoms with Crippen molar-refractivity contribution in [2.45, 2.75) is 13.8 Å². The van der Waals surface area contributed by atoms with Crippen molar-refractivity contribution in [1.82, 2.24) is 15.1 Å². The molecule has 162 valence electrons. The Morgan fingerprint density at radius 2 is 1.90 bits per heavy atom. The van der Waals surface area contributed by atoms with E-state index in [4.69, 9.17) is 9.47 Å². The summed E-state index contributed by atoms with van der Waals surface area (Å²) in [6.07, 6.45) is 1.49. The molecule has 0 spiro atoms. The molecule has 3 aromatic rings. The highest BCUT2D eigenvalue weighted by Crippen LogP contribution is 2.31. The average Bonchev–Trinajstić information content (AvgIpc) is 2.76. The number of hydrogen-bond acceptors (Lipinski definition) is 6. The van der Waals surface area contributed by atoms with E-state index in [1.165, 1.54) is 10.9 Å². The summed E-state index contributed by atoms with van der Waals surface area (Å²) in [4.78, 5) is 25.1. The highest BCUT2D eigenvalue weighted by molar-refractivity contribution is 5.95. The van der Waals surface area contributed by atoms with Gasteiger partial charge in [-0.1, -0.05) is 18.2 Å². The molecule has 1 heterocycles. The molecule has 3 rings (SSSR count). The maximum atomic E-state index is 12.8. The molecular weight excluding hydrogens is 396 g/mol. The van der Waals surface area contributed by atoms with Crippen molar-refractivity contribution in [3.05, 3.63) is 75.7 Å². The third-order valence-electron chi connectivity index (χ3n) is 4.86. The Kier molecular flexibility index (Phi) is 7.04. The molecule has 0 bridgehead atoms. The van der Waals surface area contributed by atoms with Crippen LogP contribution in [0.1, 0.15) is 21.5 Å². The quantitative estimate of drug-likeness (QED) is 0.541. The summed E-state index contributed by atoms with van der Waals surface area (Å²) in [6.45, 7) is 4.78. The van der Waals surface area contributed by atoms with Gasteiger partial charge in [-0.15, -0.1) is 0 Å². The topological polar surface area (TPSA) is 94.5 Å². The van der Waals surface area contributed by atoms with Crippen LogP contribution in [0.25, 0.3) is 0 Å². The molecule has 1 aromatic heterocycles. The molecular formula is C23H26N4O4. The van der Waals surface area contributed by atoms with E-state index in [1.807, 2.05) is 32.0 Å². The van der Waals surface area contributed by atoms with E-state index < -0.39 is 0 Å². The maximum Gasteiger partial charge on any atom is 0.294 e. The SMILES string of the molecule is COCCNC(=O)c1cccc(Nc2c(Oc3cccc(C)c3C)cnn(C)c2=O)c1. The van der Waals surface area contributed by atoms with Gasteiger partial charge in [0.25, 0.3) is 11.5 Å². The molecule has 1 amide bonds. The molecule has 31 heavy (non-hydrogen) atoms. The van der Waals surface area contributed by atoms with Crippen molar-refractivity contribution >= 4 is 17.3 Å². The average molecular weight is 422 g/mol. The van der Waals surface area contributed by atoms with Crippen LogP contribution in [0, 0.1) is 13.8 Å². The fourth-order valence-corrected chi connectivity index (χ4v) is 2.92. The van der Waals surface area contributed by atoms with Gasteiger partial charge in [-0.3, -0.25) is 9.59 Å². The van der Waals surface area contributed by atoms with Gasteiger partial charge in [-0.25, -0.2) is 4.68 Å². The predicted octanol–water partition coefficient (Wildman–Crippen LogP) is 3.31. The van der Waals surface area contributed by atoms with Crippen LogP contribution in [0.15, 0.2) is 53.5 Å². The molecule has 0 radical (unpaired) electrons. The largest absolute Gasteiger partial charge is 0.453 e. The van der Waals surface area contributed by atoms with Crippen molar-refractivity contribution in [2.75, 3.05) is 25.6 Å². The summed E-state index contributed by atoms with van der Waals surface area (Å²) < 4.78 is 12.2. The zero-order valence-corrected chi connectivity index (χ0v) is 18.1. The molecule has 0 aliphatic heterocycles. The second-order valence-electron chi connectivity index (χ2n) is 7.07. The summed E-state index contributed by atoms with van der Waals surface area (Å²) in [6, 6.07) is 12.6. The molecule has 0 aliphatic rings. The first-order valence-electron chi connectivity index (χ1n) is 9.85. The molecule has 8 heteroatoms. The monoisotopic (exact) mass is 422 g/mol. The van der Waals surface area contributed by atoms with Gasteiger partial charge in [0.1, 0.15) is 5.75 Å². The van der Waals surface area contributed by atoms with Crippen molar-refractivity contribution in [2.24, 2.45) is 7.05 Å². The standard InChI is InChI=1S/C23H26N4O4/c1-15-7-5-10-19(16(15)2)31-20-14-25-27(3)23(29)21(20)26-18-9-6-8-17(13-18)22(28)24-11-12-30-4/h5-10,13-14,26H,11-12H2,1-4H3,(H,24,28). The second-order valence-corrected chi connectivity index (χ2v) is 7.07. The predicted molar refractivity (Wildman–Crippen MR) is 119 cm³/mol. The highest BCUT2D eigenvalue weighted by atomic mass is 16.5. The van der Waals surface area contributed by atoms with Gasteiger partial charge >= 0.3 is 0 Å². The van der Waals surface area contributed by atoms with Crippen LogP contribution in [0.4, 0.5) is 11.4 Å². The van der Waals surface area contributed by atoms with Crippen LogP contribution in [-0.4, -0.2) is 35.9 Å². The van der Waals surface area contributed by atoms with Gasteiger partial charge in [-0.2, -0.15) is 5.10 Å². The third-order valence-corrected chi connectivity index (χ3v) is 4.86. The van der Waals surface area contributed by atoms with E-state index in [2.05, 4.69) is 15.7 Å². The Labute approximate surface area is 180 Å². The van der Waals surface area contributed by atoms with E-state index >= 15 is 0 Å². The minimum atomic E-state index is -0.349. The Balaban J connectivity index is 1.90. The Bertz CT molecular complexity index is 1140. The highest BCUT2D eigenvalue weighted by Gasteiger charge is 2.15. The molecule has 2 N–H and O–H groups in total. The summed E-state index contributed by atoms with van der Waals surface area (Å²) in [5.74, 6) is 0.714. The van der Waals surface area contributed by atoms with Crippen molar-refractivity contribution < 1.29 is 14.3 Å². The fraction of sp³-hybridized carbons (Fsp3) is 0.261. The lowest BCUT2D eigenvalue weighted by Crippen LogP contribution is -2.27. The first-order chi connectivity index (χ1) is 14.9. The van der Waals surface area contributed by atoms with Crippen molar-refractivity contribution in [3.8, 4) is 11.5 Å². The number of aryl methyl sites for hydroxylation is 2. The first kappa shape index (κ1) is 22.0. The van der Waals surface area contributed by atoms with Gasteiger partial charge in [0.2, 0.25) is 0 Å². The van der Waals surface area contributed by atoms with E-state index in [1.54, 1.807) is 38.4 Å².